The molecule has 2 N–H and O–H groups in total. The summed E-state index contributed by atoms with van der Waals surface area (Å²) in [6, 6.07) is 13.2. The Hall–Kier alpha value is -2.92. The number of fused-ring (bicyclic) bond motifs is 4. The van der Waals surface area contributed by atoms with E-state index >= 15 is 0 Å². The minimum atomic E-state index is -0.200. The van der Waals surface area contributed by atoms with Crippen LogP contribution in [0.3, 0.4) is 0 Å². The average Bonchev–Trinajstić information content (AvgIpc) is 3.10. The fraction of sp³-hybridized carbons (Fsp3) is 0.227. The Balaban J connectivity index is 1.29. The molecule has 4 aromatic rings. The molecule has 5 heteroatoms. The number of nitrogens with zero attached hydrogens (tertiary/aromatic N) is 1. The van der Waals surface area contributed by atoms with Gasteiger partial charge < -0.3 is 15.0 Å². The maximum atomic E-state index is 13.5. The van der Waals surface area contributed by atoms with Crippen LogP contribution in [0, 0.1) is 5.82 Å². The van der Waals surface area contributed by atoms with Crippen molar-refractivity contribution in [3.05, 3.63) is 71.8 Å². The number of rotatable bonds is 4. The normalized spacial score (nSPS) is 16.4. The van der Waals surface area contributed by atoms with E-state index in [1.54, 1.807) is 12.1 Å². The molecule has 0 fully saturated rings. The van der Waals surface area contributed by atoms with Gasteiger partial charge in [0.2, 0.25) is 0 Å². The van der Waals surface area contributed by atoms with Crippen molar-refractivity contribution in [1.29, 1.82) is 0 Å². The summed E-state index contributed by atoms with van der Waals surface area (Å²) < 4.78 is 19.5. The van der Waals surface area contributed by atoms with Gasteiger partial charge in [-0.15, -0.1) is 0 Å². The van der Waals surface area contributed by atoms with Crippen LogP contribution in [0.15, 0.2) is 54.9 Å². The van der Waals surface area contributed by atoms with Crippen molar-refractivity contribution in [3.8, 4) is 5.75 Å². The van der Waals surface area contributed by atoms with Crippen LogP contribution in [-0.2, 0) is 12.8 Å². The number of hydrogen-bond donors (Lipinski definition) is 2. The third kappa shape index (κ3) is 3.04. The number of benzene rings is 2. The highest BCUT2D eigenvalue weighted by Gasteiger charge is 2.21. The number of H-pyrrole nitrogens is 1. The Labute approximate surface area is 156 Å². The highest BCUT2D eigenvalue weighted by molar-refractivity contribution is 5.85. The zero-order valence-corrected chi connectivity index (χ0v) is 14.8. The van der Waals surface area contributed by atoms with Gasteiger partial charge >= 0.3 is 0 Å². The topological polar surface area (TPSA) is 49.9 Å². The number of aromatic amines is 1. The summed E-state index contributed by atoms with van der Waals surface area (Å²) in [5, 5.41) is 5.71. The smallest absolute Gasteiger partial charge is 0.123 e. The van der Waals surface area contributed by atoms with E-state index < -0.39 is 0 Å². The van der Waals surface area contributed by atoms with E-state index in [1.165, 1.54) is 11.6 Å². The Bertz CT molecular complexity index is 1120. The number of halogens is 1. The van der Waals surface area contributed by atoms with Gasteiger partial charge in [-0.25, -0.2) is 4.39 Å². The molecule has 0 amide bonds. The van der Waals surface area contributed by atoms with E-state index in [4.69, 9.17) is 4.74 Å². The lowest BCUT2D eigenvalue weighted by Gasteiger charge is -2.27. The Morgan fingerprint density at radius 3 is 3.11 bits per heavy atom. The SMILES string of the molecule is Fc1ccc2[nH]cc(CCN[C@H]3COc4ccc5ncccc5c4C3)c2c1. The Morgan fingerprint density at radius 2 is 2.15 bits per heavy atom. The van der Waals surface area contributed by atoms with Crippen molar-refractivity contribution in [2.75, 3.05) is 13.2 Å². The molecule has 136 valence electrons. The minimum absolute atomic E-state index is 0.200. The van der Waals surface area contributed by atoms with Gasteiger partial charge in [0.25, 0.3) is 0 Å². The van der Waals surface area contributed by atoms with Gasteiger partial charge in [-0.05, 0) is 61.3 Å². The monoisotopic (exact) mass is 361 g/mol. The zero-order valence-electron chi connectivity index (χ0n) is 14.8. The van der Waals surface area contributed by atoms with Gasteiger partial charge in [0.05, 0.1) is 5.52 Å². The summed E-state index contributed by atoms with van der Waals surface area (Å²) in [6.07, 6.45) is 5.54. The van der Waals surface area contributed by atoms with Crippen LogP contribution < -0.4 is 10.1 Å². The molecule has 2 aromatic carbocycles. The summed E-state index contributed by atoms with van der Waals surface area (Å²) in [5.74, 6) is 0.759. The largest absolute Gasteiger partial charge is 0.492 e. The van der Waals surface area contributed by atoms with Crippen molar-refractivity contribution in [3.63, 3.8) is 0 Å². The molecule has 0 spiro atoms. The summed E-state index contributed by atoms with van der Waals surface area (Å²) in [7, 11) is 0. The van der Waals surface area contributed by atoms with Crippen LogP contribution in [0.25, 0.3) is 21.8 Å². The Morgan fingerprint density at radius 1 is 1.19 bits per heavy atom. The van der Waals surface area contributed by atoms with E-state index in [0.717, 1.165) is 52.5 Å². The number of pyridine rings is 1. The number of hydrogen-bond acceptors (Lipinski definition) is 3. The molecule has 0 aliphatic carbocycles. The lowest BCUT2D eigenvalue weighted by Crippen LogP contribution is -2.40. The molecule has 0 saturated heterocycles. The Kier molecular flexibility index (Phi) is 4.02. The van der Waals surface area contributed by atoms with Gasteiger partial charge in [-0.3, -0.25) is 4.98 Å². The molecule has 1 aliphatic rings. The lowest BCUT2D eigenvalue weighted by molar-refractivity contribution is 0.240. The van der Waals surface area contributed by atoms with Crippen LogP contribution in [-0.4, -0.2) is 29.2 Å². The van der Waals surface area contributed by atoms with Gasteiger partial charge in [-0.1, -0.05) is 6.07 Å². The van der Waals surface area contributed by atoms with Crippen LogP contribution >= 0.6 is 0 Å². The molecule has 5 rings (SSSR count). The summed E-state index contributed by atoms with van der Waals surface area (Å²) in [4.78, 5) is 7.65. The highest BCUT2D eigenvalue weighted by atomic mass is 19.1. The quantitative estimate of drug-likeness (QED) is 0.578. The molecule has 0 bridgehead atoms. The number of aromatic nitrogens is 2. The first-order valence-electron chi connectivity index (χ1n) is 9.26. The van der Waals surface area contributed by atoms with E-state index in [9.17, 15) is 4.39 Å². The molecular weight excluding hydrogens is 341 g/mol. The van der Waals surface area contributed by atoms with Crippen molar-refractivity contribution >= 4 is 21.8 Å². The van der Waals surface area contributed by atoms with Crippen LogP contribution in [0.4, 0.5) is 4.39 Å². The van der Waals surface area contributed by atoms with Crippen LogP contribution in [0.2, 0.25) is 0 Å². The summed E-state index contributed by atoms with van der Waals surface area (Å²) in [6.45, 7) is 1.47. The molecule has 1 atom stereocenters. The van der Waals surface area contributed by atoms with E-state index in [1.807, 2.05) is 30.6 Å². The van der Waals surface area contributed by atoms with Crippen molar-refractivity contribution in [2.24, 2.45) is 0 Å². The predicted molar refractivity (Wildman–Crippen MR) is 105 cm³/mol. The van der Waals surface area contributed by atoms with Crippen molar-refractivity contribution in [1.82, 2.24) is 15.3 Å². The zero-order chi connectivity index (χ0) is 18.2. The maximum Gasteiger partial charge on any atom is 0.123 e. The summed E-state index contributed by atoms with van der Waals surface area (Å²) >= 11 is 0. The second-order valence-electron chi connectivity index (χ2n) is 7.03. The highest BCUT2D eigenvalue weighted by Crippen LogP contribution is 2.31. The third-order valence-corrected chi connectivity index (χ3v) is 5.30. The van der Waals surface area contributed by atoms with E-state index in [2.05, 4.69) is 21.4 Å². The van der Waals surface area contributed by atoms with Gasteiger partial charge in [0.15, 0.2) is 0 Å². The van der Waals surface area contributed by atoms with Crippen molar-refractivity contribution < 1.29 is 9.13 Å². The first-order valence-corrected chi connectivity index (χ1v) is 9.26. The molecule has 1 aliphatic heterocycles. The molecule has 4 nitrogen and oxygen atoms in total. The second kappa shape index (κ2) is 6.67. The molecule has 0 saturated carbocycles. The third-order valence-electron chi connectivity index (χ3n) is 5.30. The lowest BCUT2D eigenvalue weighted by atomic mass is 9.98. The van der Waals surface area contributed by atoms with E-state index in [0.29, 0.717) is 6.61 Å². The average molecular weight is 361 g/mol. The maximum absolute atomic E-state index is 13.5. The molecular formula is C22H20FN3O. The van der Waals surface area contributed by atoms with Crippen LogP contribution in [0.5, 0.6) is 5.75 Å². The van der Waals surface area contributed by atoms with Crippen LogP contribution in [0.1, 0.15) is 11.1 Å². The fourth-order valence-electron chi connectivity index (χ4n) is 3.93. The predicted octanol–water partition coefficient (Wildman–Crippen LogP) is 3.99. The first-order chi connectivity index (χ1) is 13.3. The fourth-order valence-corrected chi connectivity index (χ4v) is 3.93. The van der Waals surface area contributed by atoms with Gasteiger partial charge in [-0.2, -0.15) is 0 Å². The molecule has 0 unspecified atom stereocenters. The number of nitrogens with one attached hydrogen (secondary N) is 2. The van der Waals surface area contributed by atoms with E-state index in [-0.39, 0.29) is 11.9 Å². The van der Waals surface area contributed by atoms with Gasteiger partial charge in [0.1, 0.15) is 18.2 Å². The standard InChI is InChI=1S/C22H20FN3O/c23-15-3-4-21-18(10-15)14(12-26-21)7-9-24-16-11-19-17-2-1-8-25-20(17)5-6-22(19)27-13-16/h1-6,8,10,12,16,24,26H,7,9,11,13H2/t16-/m1/s1. The minimum Gasteiger partial charge on any atom is -0.492 e. The van der Waals surface area contributed by atoms with Crippen molar-refractivity contribution in [2.45, 2.75) is 18.9 Å². The first kappa shape index (κ1) is 16.3. The molecule has 27 heavy (non-hydrogen) atoms. The molecule has 2 aromatic heterocycles. The molecule has 3 heterocycles. The van der Waals surface area contributed by atoms with Gasteiger partial charge in [0, 0.05) is 40.3 Å². The second-order valence-corrected chi connectivity index (χ2v) is 7.03. The molecule has 0 radical (unpaired) electrons. The number of ether oxygens (including phenoxy) is 1. The summed E-state index contributed by atoms with van der Waals surface area (Å²) in [5.41, 5.74) is 4.32.